The number of aryl methyl sites for hydroxylation is 1. The summed E-state index contributed by atoms with van der Waals surface area (Å²) in [5.74, 6) is 0.646. The van der Waals surface area contributed by atoms with E-state index in [9.17, 15) is 0 Å². The Bertz CT molecular complexity index is 452. The summed E-state index contributed by atoms with van der Waals surface area (Å²) in [6.07, 6.45) is 6.51. The number of benzene rings is 1. The molecule has 3 heteroatoms. The molecular formula is C17H27N3. The van der Waals surface area contributed by atoms with Crippen molar-refractivity contribution in [2.45, 2.75) is 45.1 Å². The van der Waals surface area contributed by atoms with Gasteiger partial charge in [-0.2, -0.15) is 0 Å². The molecule has 2 unspecified atom stereocenters. The maximum atomic E-state index is 5.88. The van der Waals surface area contributed by atoms with Gasteiger partial charge < -0.3 is 16.0 Å². The zero-order valence-corrected chi connectivity index (χ0v) is 12.6. The third kappa shape index (κ3) is 2.78. The third-order valence-corrected chi connectivity index (χ3v) is 4.98. The number of nitrogens with one attached hydrogen (secondary N) is 1. The summed E-state index contributed by atoms with van der Waals surface area (Å²) < 4.78 is 0. The number of nitrogens with zero attached hydrogens (tertiary/aromatic N) is 1. The first-order chi connectivity index (χ1) is 9.78. The Kier molecular flexibility index (Phi) is 4.16. The van der Waals surface area contributed by atoms with Crippen molar-refractivity contribution in [1.29, 1.82) is 0 Å². The van der Waals surface area contributed by atoms with Crippen molar-refractivity contribution in [3.63, 3.8) is 0 Å². The monoisotopic (exact) mass is 273 g/mol. The molecule has 0 bridgehead atoms. The van der Waals surface area contributed by atoms with E-state index in [4.69, 9.17) is 5.73 Å². The Morgan fingerprint density at radius 2 is 2.00 bits per heavy atom. The lowest BCUT2D eigenvalue weighted by Gasteiger charge is -2.24. The second-order valence-corrected chi connectivity index (χ2v) is 6.37. The van der Waals surface area contributed by atoms with E-state index >= 15 is 0 Å². The smallest absolute Gasteiger partial charge is 0.0373 e. The molecule has 0 aromatic heterocycles. The van der Waals surface area contributed by atoms with Crippen molar-refractivity contribution in [3.05, 3.63) is 23.8 Å². The maximum Gasteiger partial charge on any atom is 0.0373 e. The number of hydrogen-bond acceptors (Lipinski definition) is 3. The van der Waals surface area contributed by atoms with Crippen LogP contribution in [0.25, 0.3) is 0 Å². The zero-order valence-electron chi connectivity index (χ0n) is 12.6. The lowest BCUT2D eigenvalue weighted by Crippen LogP contribution is -2.29. The molecule has 3 N–H and O–H groups in total. The van der Waals surface area contributed by atoms with Gasteiger partial charge in [0.2, 0.25) is 0 Å². The average Bonchev–Trinajstić information content (AvgIpc) is 3.11. The molecule has 1 aliphatic carbocycles. The van der Waals surface area contributed by atoms with Crippen LogP contribution in [-0.4, -0.2) is 25.7 Å². The van der Waals surface area contributed by atoms with Crippen LogP contribution in [0.1, 0.15) is 37.7 Å². The van der Waals surface area contributed by atoms with Crippen LogP contribution in [0.15, 0.2) is 18.2 Å². The van der Waals surface area contributed by atoms with Crippen LogP contribution in [0.3, 0.4) is 0 Å². The fourth-order valence-electron chi connectivity index (χ4n) is 3.69. The van der Waals surface area contributed by atoms with E-state index in [2.05, 4.69) is 35.3 Å². The van der Waals surface area contributed by atoms with Crippen LogP contribution in [0.5, 0.6) is 0 Å². The van der Waals surface area contributed by atoms with Crippen LogP contribution >= 0.6 is 0 Å². The fourth-order valence-corrected chi connectivity index (χ4v) is 3.69. The topological polar surface area (TPSA) is 41.3 Å². The highest BCUT2D eigenvalue weighted by Crippen LogP contribution is 2.31. The highest BCUT2D eigenvalue weighted by Gasteiger charge is 2.26. The molecule has 2 aliphatic rings. The third-order valence-electron chi connectivity index (χ3n) is 4.98. The van der Waals surface area contributed by atoms with Gasteiger partial charge in [0, 0.05) is 30.5 Å². The lowest BCUT2D eigenvalue weighted by molar-refractivity contribution is 0.516. The first-order valence-electron chi connectivity index (χ1n) is 8.10. The summed E-state index contributed by atoms with van der Waals surface area (Å²) >= 11 is 0. The quantitative estimate of drug-likeness (QED) is 0.885. The molecule has 20 heavy (non-hydrogen) atoms. The molecule has 1 aliphatic heterocycles. The first kappa shape index (κ1) is 13.7. The SMILES string of the molecule is Cc1cc(N2CCCC2)ccc1NC1CCCC1CN. The van der Waals surface area contributed by atoms with Crippen LogP contribution in [-0.2, 0) is 0 Å². The van der Waals surface area contributed by atoms with E-state index in [0.717, 1.165) is 6.54 Å². The molecule has 2 atom stereocenters. The molecule has 1 saturated carbocycles. The van der Waals surface area contributed by atoms with Gasteiger partial charge in [-0.25, -0.2) is 0 Å². The zero-order chi connectivity index (χ0) is 13.9. The largest absolute Gasteiger partial charge is 0.382 e. The summed E-state index contributed by atoms with van der Waals surface area (Å²) in [6, 6.07) is 7.43. The number of anilines is 2. The van der Waals surface area contributed by atoms with E-state index in [-0.39, 0.29) is 0 Å². The minimum absolute atomic E-state index is 0.566. The van der Waals surface area contributed by atoms with Gasteiger partial charge in [-0.05, 0) is 68.8 Å². The van der Waals surface area contributed by atoms with Gasteiger partial charge in [0.05, 0.1) is 0 Å². The van der Waals surface area contributed by atoms with Crippen molar-refractivity contribution in [2.75, 3.05) is 29.9 Å². The molecule has 0 amide bonds. The summed E-state index contributed by atoms with van der Waals surface area (Å²) in [4.78, 5) is 2.50. The summed E-state index contributed by atoms with van der Waals surface area (Å²) in [5, 5.41) is 3.73. The lowest BCUT2D eigenvalue weighted by atomic mass is 10.0. The maximum absolute atomic E-state index is 5.88. The van der Waals surface area contributed by atoms with Gasteiger partial charge in [-0.15, -0.1) is 0 Å². The normalized spacial score (nSPS) is 26.2. The van der Waals surface area contributed by atoms with Crippen molar-refractivity contribution in [1.82, 2.24) is 0 Å². The van der Waals surface area contributed by atoms with Crippen LogP contribution in [0, 0.1) is 12.8 Å². The van der Waals surface area contributed by atoms with E-state index < -0.39 is 0 Å². The van der Waals surface area contributed by atoms with Gasteiger partial charge in [0.15, 0.2) is 0 Å². The Labute approximate surface area is 122 Å². The molecule has 1 saturated heterocycles. The molecule has 0 radical (unpaired) electrons. The van der Waals surface area contributed by atoms with Crippen molar-refractivity contribution < 1.29 is 0 Å². The number of hydrogen-bond donors (Lipinski definition) is 2. The Hall–Kier alpha value is -1.22. The Morgan fingerprint density at radius 1 is 1.20 bits per heavy atom. The molecule has 1 heterocycles. The van der Waals surface area contributed by atoms with Gasteiger partial charge >= 0.3 is 0 Å². The molecule has 1 aromatic carbocycles. The summed E-state index contributed by atoms with van der Waals surface area (Å²) in [5.41, 5.74) is 9.91. The summed E-state index contributed by atoms with van der Waals surface area (Å²) in [7, 11) is 0. The van der Waals surface area contributed by atoms with Gasteiger partial charge in [-0.3, -0.25) is 0 Å². The molecular weight excluding hydrogens is 246 g/mol. The van der Waals surface area contributed by atoms with E-state index in [1.165, 1.54) is 62.1 Å². The van der Waals surface area contributed by atoms with Crippen LogP contribution in [0.2, 0.25) is 0 Å². The number of rotatable bonds is 4. The van der Waals surface area contributed by atoms with Gasteiger partial charge in [0.1, 0.15) is 0 Å². The van der Waals surface area contributed by atoms with E-state index in [1.807, 2.05) is 0 Å². The molecule has 3 rings (SSSR count). The average molecular weight is 273 g/mol. The highest BCUT2D eigenvalue weighted by atomic mass is 15.1. The standard InChI is InChI=1S/C17H27N3/c1-13-11-15(20-9-2-3-10-20)7-8-16(13)19-17-6-4-5-14(17)12-18/h7-8,11,14,17,19H,2-6,9-10,12,18H2,1H3. The second-order valence-electron chi connectivity index (χ2n) is 6.37. The van der Waals surface area contributed by atoms with Crippen LogP contribution < -0.4 is 16.0 Å². The van der Waals surface area contributed by atoms with E-state index in [0.29, 0.717) is 12.0 Å². The predicted molar refractivity (Wildman–Crippen MR) is 86.4 cm³/mol. The second kappa shape index (κ2) is 6.04. The predicted octanol–water partition coefficient (Wildman–Crippen LogP) is 3.13. The van der Waals surface area contributed by atoms with Crippen molar-refractivity contribution >= 4 is 11.4 Å². The minimum atomic E-state index is 0.566. The Balaban J connectivity index is 1.70. The van der Waals surface area contributed by atoms with Crippen molar-refractivity contribution in [2.24, 2.45) is 11.7 Å². The van der Waals surface area contributed by atoms with Crippen LogP contribution in [0.4, 0.5) is 11.4 Å². The number of nitrogens with two attached hydrogens (primary N) is 1. The Morgan fingerprint density at radius 3 is 2.70 bits per heavy atom. The van der Waals surface area contributed by atoms with Gasteiger partial charge in [-0.1, -0.05) is 6.42 Å². The molecule has 2 fully saturated rings. The van der Waals surface area contributed by atoms with E-state index in [1.54, 1.807) is 0 Å². The molecule has 0 spiro atoms. The first-order valence-corrected chi connectivity index (χ1v) is 8.10. The molecule has 1 aromatic rings. The summed E-state index contributed by atoms with van der Waals surface area (Å²) in [6.45, 7) is 5.45. The molecule has 110 valence electrons. The minimum Gasteiger partial charge on any atom is -0.382 e. The van der Waals surface area contributed by atoms with Crippen molar-refractivity contribution in [3.8, 4) is 0 Å². The highest BCUT2D eigenvalue weighted by molar-refractivity contribution is 5.61. The molecule has 3 nitrogen and oxygen atoms in total. The fraction of sp³-hybridized carbons (Fsp3) is 0.647. The van der Waals surface area contributed by atoms with Gasteiger partial charge in [0.25, 0.3) is 0 Å².